The van der Waals surface area contributed by atoms with E-state index in [4.69, 9.17) is 0 Å². The number of carbonyl (C=O) groups is 2. The highest BCUT2D eigenvalue weighted by Gasteiger charge is 2.27. The molecule has 1 aliphatic heterocycles. The van der Waals surface area contributed by atoms with E-state index in [1.165, 1.54) is 11.1 Å². The van der Waals surface area contributed by atoms with Crippen LogP contribution >= 0.6 is 0 Å². The number of aromatic nitrogens is 1. The first-order chi connectivity index (χ1) is 16.5. The number of nitrogens with zero attached hydrogens (tertiary/aromatic N) is 3. The van der Waals surface area contributed by atoms with Gasteiger partial charge in [0.15, 0.2) is 0 Å². The van der Waals surface area contributed by atoms with Gasteiger partial charge in [-0.1, -0.05) is 43.2 Å². The number of likely N-dealkylation sites (N-methyl/N-ethyl adjacent to an activating group) is 1. The summed E-state index contributed by atoms with van der Waals surface area (Å²) in [5.74, 6) is 0.329. The summed E-state index contributed by atoms with van der Waals surface area (Å²) in [6.45, 7) is 9.24. The Morgan fingerprint density at radius 3 is 2.47 bits per heavy atom. The molecule has 1 saturated carbocycles. The van der Waals surface area contributed by atoms with E-state index in [0.717, 1.165) is 68.6 Å². The van der Waals surface area contributed by atoms with Crippen LogP contribution in [0.3, 0.4) is 0 Å². The Kier molecular flexibility index (Phi) is 6.42. The Bertz CT molecular complexity index is 1200. The third kappa shape index (κ3) is 4.60. The molecule has 6 heteroatoms. The van der Waals surface area contributed by atoms with E-state index in [1.54, 1.807) is 0 Å². The van der Waals surface area contributed by atoms with E-state index in [2.05, 4.69) is 52.9 Å². The van der Waals surface area contributed by atoms with Crippen LogP contribution in [0.1, 0.15) is 47.8 Å². The molecule has 3 aromatic rings. The van der Waals surface area contributed by atoms with Crippen molar-refractivity contribution in [3.8, 4) is 0 Å². The van der Waals surface area contributed by atoms with E-state index in [-0.39, 0.29) is 17.7 Å². The zero-order valence-corrected chi connectivity index (χ0v) is 20.2. The number of piperazine rings is 1. The third-order valence-electron chi connectivity index (χ3n) is 7.39. The highest BCUT2D eigenvalue weighted by Crippen LogP contribution is 2.30. The van der Waals surface area contributed by atoms with Gasteiger partial charge in [0, 0.05) is 55.2 Å². The monoisotopic (exact) mass is 458 g/mol. The SMILES string of the molecule is CCN1CCN(C(=O)c2cc3cc(NC(=O)C4CCC4)ccc3n2Cc2cccc(C)c2)CC1. The first-order valence-corrected chi connectivity index (χ1v) is 12.5. The van der Waals surface area contributed by atoms with Crippen molar-refractivity contribution in [1.29, 1.82) is 0 Å². The highest BCUT2D eigenvalue weighted by molar-refractivity contribution is 6.01. The van der Waals surface area contributed by atoms with Gasteiger partial charge in [0.1, 0.15) is 5.69 Å². The van der Waals surface area contributed by atoms with Crippen molar-refractivity contribution in [2.45, 2.75) is 39.7 Å². The fraction of sp³-hybridized carbons (Fsp3) is 0.429. The molecule has 0 unspecified atom stereocenters. The van der Waals surface area contributed by atoms with Crippen molar-refractivity contribution in [2.75, 3.05) is 38.0 Å². The van der Waals surface area contributed by atoms with Gasteiger partial charge in [-0.3, -0.25) is 9.59 Å². The molecular weight excluding hydrogens is 424 g/mol. The van der Waals surface area contributed by atoms with E-state index < -0.39 is 0 Å². The number of carbonyl (C=O) groups excluding carboxylic acids is 2. The summed E-state index contributed by atoms with van der Waals surface area (Å²) < 4.78 is 2.14. The molecule has 1 N–H and O–H groups in total. The van der Waals surface area contributed by atoms with Crippen molar-refractivity contribution >= 4 is 28.4 Å². The number of rotatable bonds is 6. The molecule has 0 atom stereocenters. The lowest BCUT2D eigenvalue weighted by atomic mass is 9.85. The Labute approximate surface area is 201 Å². The number of nitrogens with one attached hydrogen (secondary N) is 1. The molecule has 2 fully saturated rings. The van der Waals surface area contributed by atoms with Gasteiger partial charge in [0.05, 0.1) is 0 Å². The van der Waals surface area contributed by atoms with Crippen LogP contribution in [0.25, 0.3) is 10.9 Å². The van der Waals surface area contributed by atoms with Crippen molar-refractivity contribution in [1.82, 2.24) is 14.4 Å². The van der Waals surface area contributed by atoms with Gasteiger partial charge in [0.2, 0.25) is 5.91 Å². The molecule has 2 aliphatic rings. The Morgan fingerprint density at radius 1 is 1.00 bits per heavy atom. The predicted molar refractivity (Wildman–Crippen MR) is 136 cm³/mol. The standard InChI is InChI=1S/C28H34N4O2/c1-3-30-12-14-31(15-13-30)28(34)26-18-23-17-24(29-27(33)22-8-5-9-22)10-11-25(23)32(26)19-21-7-4-6-20(2)16-21/h4,6-7,10-11,16-18,22H,3,5,8-9,12-15,19H2,1-2H3,(H,29,33). The average molecular weight is 459 g/mol. The summed E-state index contributed by atoms with van der Waals surface area (Å²) in [6, 6.07) is 16.4. The van der Waals surface area contributed by atoms with E-state index >= 15 is 0 Å². The lowest BCUT2D eigenvalue weighted by Gasteiger charge is -2.34. The first kappa shape index (κ1) is 22.7. The molecule has 6 nitrogen and oxygen atoms in total. The molecule has 1 aliphatic carbocycles. The largest absolute Gasteiger partial charge is 0.335 e. The van der Waals surface area contributed by atoms with Crippen LogP contribution in [-0.4, -0.2) is 58.9 Å². The van der Waals surface area contributed by atoms with Crippen LogP contribution in [-0.2, 0) is 11.3 Å². The van der Waals surface area contributed by atoms with Crippen LogP contribution in [0.2, 0.25) is 0 Å². The number of amides is 2. The van der Waals surface area contributed by atoms with Gasteiger partial charge < -0.3 is 19.7 Å². The second kappa shape index (κ2) is 9.63. The highest BCUT2D eigenvalue weighted by atomic mass is 16.2. The van der Waals surface area contributed by atoms with E-state index in [1.807, 2.05) is 29.2 Å². The quantitative estimate of drug-likeness (QED) is 0.591. The smallest absolute Gasteiger partial charge is 0.270 e. The molecule has 0 radical (unpaired) electrons. The number of anilines is 1. The summed E-state index contributed by atoms with van der Waals surface area (Å²) in [7, 11) is 0. The van der Waals surface area contributed by atoms with Gasteiger partial charge in [0.25, 0.3) is 5.91 Å². The number of benzene rings is 2. The van der Waals surface area contributed by atoms with E-state index in [9.17, 15) is 9.59 Å². The van der Waals surface area contributed by atoms with Crippen LogP contribution in [0.4, 0.5) is 5.69 Å². The molecule has 2 aromatic carbocycles. The maximum absolute atomic E-state index is 13.7. The lowest BCUT2D eigenvalue weighted by molar-refractivity contribution is -0.122. The molecule has 0 spiro atoms. The Hall–Kier alpha value is -3.12. The maximum atomic E-state index is 13.7. The predicted octanol–water partition coefficient (Wildman–Crippen LogP) is 4.51. The van der Waals surface area contributed by atoms with Crippen molar-refractivity contribution in [3.05, 3.63) is 65.4 Å². The molecule has 1 saturated heterocycles. The fourth-order valence-corrected chi connectivity index (χ4v) is 5.03. The maximum Gasteiger partial charge on any atom is 0.270 e. The normalized spacial score (nSPS) is 17.1. The molecule has 2 heterocycles. The molecule has 5 rings (SSSR count). The number of hydrogen-bond donors (Lipinski definition) is 1. The average Bonchev–Trinajstić information content (AvgIpc) is 3.15. The zero-order valence-electron chi connectivity index (χ0n) is 20.2. The van der Waals surface area contributed by atoms with Gasteiger partial charge in [-0.05, 0) is 56.1 Å². The van der Waals surface area contributed by atoms with Crippen molar-refractivity contribution in [2.24, 2.45) is 5.92 Å². The number of fused-ring (bicyclic) bond motifs is 1. The minimum absolute atomic E-state index is 0.0830. The molecule has 178 valence electrons. The zero-order chi connectivity index (χ0) is 23.7. The minimum Gasteiger partial charge on any atom is -0.335 e. The van der Waals surface area contributed by atoms with Crippen LogP contribution in [0.5, 0.6) is 0 Å². The number of aryl methyl sites for hydroxylation is 1. The van der Waals surface area contributed by atoms with E-state index in [0.29, 0.717) is 12.2 Å². The first-order valence-electron chi connectivity index (χ1n) is 12.5. The second-order valence-corrected chi connectivity index (χ2v) is 9.72. The van der Waals surface area contributed by atoms with Crippen LogP contribution in [0, 0.1) is 12.8 Å². The summed E-state index contributed by atoms with van der Waals surface area (Å²) in [5, 5.41) is 4.06. The molecular formula is C28H34N4O2. The van der Waals surface area contributed by atoms with Gasteiger partial charge in [-0.2, -0.15) is 0 Å². The van der Waals surface area contributed by atoms with Crippen molar-refractivity contribution in [3.63, 3.8) is 0 Å². The van der Waals surface area contributed by atoms with Crippen molar-refractivity contribution < 1.29 is 9.59 Å². The van der Waals surface area contributed by atoms with Gasteiger partial charge in [-0.15, -0.1) is 0 Å². The summed E-state index contributed by atoms with van der Waals surface area (Å²) in [4.78, 5) is 30.5. The fourth-order valence-electron chi connectivity index (χ4n) is 5.03. The number of hydrogen-bond acceptors (Lipinski definition) is 3. The minimum atomic E-state index is 0.0830. The lowest BCUT2D eigenvalue weighted by Crippen LogP contribution is -2.48. The topological polar surface area (TPSA) is 57.6 Å². The second-order valence-electron chi connectivity index (χ2n) is 9.72. The molecule has 2 amide bonds. The molecule has 0 bridgehead atoms. The van der Waals surface area contributed by atoms with Gasteiger partial charge in [-0.25, -0.2) is 0 Å². The Balaban J connectivity index is 1.47. The molecule has 1 aromatic heterocycles. The third-order valence-corrected chi connectivity index (χ3v) is 7.39. The molecule has 34 heavy (non-hydrogen) atoms. The Morgan fingerprint density at radius 2 is 1.79 bits per heavy atom. The summed E-state index contributed by atoms with van der Waals surface area (Å²) in [5.41, 5.74) is 4.90. The summed E-state index contributed by atoms with van der Waals surface area (Å²) >= 11 is 0. The van der Waals surface area contributed by atoms with Gasteiger partial charge >= 0.3 is 0 Å². The van der Waals surface area contributed by atoms with Crippen LogP contribution in [0.15, 0.2) is 48.5 Å². The summed E-state index contributed by atoms with van der Waals surface area (Å²) in [6.07, 6.45) is 3.09. The van der Waals surface area contributed by atoms with Crippen LogP contribution < -0.4 is 5.32 Å².